The number of benzene rings is 1. The van der Waals surface area contributed by atoms with Gasteiger partial charge in [0.05, 0.1) is 5.75 Å². The summed E-state index contributed by atoms with van der Waals surface area (Å²) in [6, 6.07) is 5.42. The van der Waals surface area contributed by atoms with Crippen LogP contribution in [0.5, 0.6) is 0 Å². The molecule has 0 saturated heterocycles. The molecule has 0 aliphatic rings. The summed E-state index contributed by atoms with van der Waals surface area (Å²) < 4.78 is 22.1. The molecule has 0 spiro atoms. The van der Waals surface area contributed by atoms with E-state index in [0.717, 1.165) is 11.8 Å². The van der Waals surface area contributed by atoms with E-state index < -0.39 is 27.8 Å². The molecule has 1 amide bonds. The maximum atomic E-state index is 11.9. The molecule has 0 heterocycles. The Balaban J connectivity index is 2.73. The van der Waals surface area contributed by atoms with Gasteiger partial charge < -0.3 is 10.4 Å². The van der Waals surface area contributed by atoms with Gasteiger partial charge in [-0.25, -0.2) is 13.2 Å². The van der Waals surface area contributed by atoms with Crippen LogP contribution in [-0.2, 0) is 14.6 Å². The molecular weight excluding hydrogens is 282 g/mol. The zero-order valence-electron chi connectivity index (χ0n) is 11.3. The standard InChI is InChI=1S/C13H17NO5S/c1-9-3-5-10(6-4-9)12(15)14-11(13(16)17)7-8-20(2,18)19/h3-6,11H,7-8H2,1-2H3,(H,14,15)(H,16,17). The topological polar surface area (TPSA) is 101 Å². The summed E-state index contributed by atoms with van der Waals surface area (Å²) >= 11 is 0. The van der Waals surface area contributed by atoms with Crippen molar-refractivity contribution >= 4 is 21.7 Å². The number of hydrogen-bond acceptors (Lipinski definition) is 4. The van der Waals surface area contributed by atoms with E-state index in [0.29, 0.717) is 5.56 Å². The van der Waals surface area contributed by atoms with Gasteiger partial charge in [-0.1, -0.05) is 17.7 Å². The average Bonchev–Trinajstić information content (AvgIpc) is 2.33. The van der Waals surface area contributed by atoms with Crippen LogP contribution < -0.4 is 5.32 Å². The van der Waals surface area contributed by atoms with Gasteiger partial charge in [0.25, 0.3) is 5.91 Å². The number of carboxylic acids is 1. The number of aliphatic carboxylic acids is 1. The molecule has 1 aromatic rings. The van der Waals surface area contributed by atoms with Crippen molar-refractivity contribution in [3.8, 4) is 0 Å². The van der Waals surface area contributed by atoms with Gasteiger partial charge in [0.1, 0.15) is 15.9 Å². The van der Waals surface area contributed by atoms with E-state index in [4.69, 9.17) is 5.11 Å². The highest BCUT2D eigenvalue weighted by Crippen LogP contribution is 2.05. The Labute approximate surface area is 117 Å². The summed E-state index contributed by atoms with van der Waals surface area (Å²) in [6.45, 7) is 1.87. The van der Waals surface area contributed by atoms with Crippen molar-refractivity contribution in [3.05, 3.63) is 35.4 Å². The van der Waals surface area contributed by atoms with E-state index in [9.17, 15) is 18.0 Å². The lowest BCUT2D eigenvalue weighted by atomic mass is 10.1. The Morgan fingerprint density at radius 1 is 1.25 bits per heavy atom. The molecule has 7 heteroatoms. The number of carbonyl (C=O) groups excluding carboxylic acids is 1. The molecule has 0 bridgehead atoms. The summed E-state index contributed by atoms with van der Waals surface area (Å²) in [7, 11) is -3.27. The normalized spacial score (nSPS) is 12.7. The maximum absolute atomic E-state index is 11.9. The molecule has 1 unspecified atom stereocenters. The van der Waals surface area contributed by atoms with Crippen LogP contribution in [0.2, 0.25) is 0 Å². The second kappa shape index (κ2) is 6.51. The largest absolute Gasteiger partial charge is 0.480 e. The van der Waals surface area contributed by atoms with Crippen molar-refractivity contribution in [1.82, 2.24) is 5.32 Å². The van der Waals surface area contributed by atoms with Gasteiger partial charge in [-0.2, -0.15) is 0 Å². The van der Waals surface area contributed by atoms with Crippen molar-refractivity contribution in [1.29, 1.82) is 0 Å². The lowest BCUT2D eigenvalue weighted by Crippen LogP contribution is -2.41. The molecule has 1 rings (SSSR count). The summed E-state index contributed by atoms with van der Waals surface area (Å²) in [4.78, 5) is 22.9. The number of amides is 1. The Kier molecular flexibility index (Phi) is 5.26. The lowest BCUT2D eigenvalue weighted by Gasteiger charge is -2.14. The van der Waals surface area contributed by atoms with Crippen molar-refractivity contribution in [2.24, 2.45) is 0 Å². The summed E-state index contributed by atoms with van der Waals surface area (Å²) in [5.41, 5.74) is 1.31. The zero-order chi connectivity index (χ0) is 15.3. The minimum atomic E-state index is -3.27. The Hall–Kier alpha value is -1.89. The molecule has 1 atom stereocenters. The monoisotopic (exact) mass is 299 g/mol. The third kappa shape index (κ3) is 5.40. The van der Waals surface area contributed by atoms with Crippen molar-refractivity contribution in [3.63, 3.8) is 0 Å². The first-order chi connectivity index (χ1) is 9.19. The van der Waals surface area contributed by atoms with Crippen LogP contribution in [0.15, 0.2) is 24.3 Å². The fourth-order valence-electron chi connectivity index (χ4n) is 1.54. The molecule has 0 radical (unpaired) electrons. The van der Waals surface area contributed by atoms with Gasteiger partial charge in [-0.15, -0.1) is 0 Å². The first kappa shape index (κ1) is 16.2. The summed E-state index contributed by atoms with van der Waals surface area (Å²) in [6.07, 6.45) is 0.861. The van der Waals surface area contributed by atoms with Gasteiger partial charge in [0.15, 0.2) is 0 Å². The van der Waals surface area contributed by atoms with E-state index >= 15 is 0 Å². The highest BCUT2D eigenvalue weighted by molar-refractivity contribution is 7.90. The molecule has 1 aromatic carbocycles. The number of sulfone groups is 1. The van der Waals surface area contributed by atoms with E-state index in [1.165, 1.54) is 0 Å². The summed E-state index contributed by atoms with van der Waals surface area (Å²) in [5, 5.41) is 11.3. The van der Waals surface area contributed by atoms with Gasteiger partial charge >= 0.3 is 5.97 Å². The third-order valence-corrected chi connectivity index (χ3v) is 3.67. The van der Waals surface area contributed by atoms with Crippen LogP contribution >= 0.6 is 0 Å². The van der Waals surface area contributed by atoms with Crippen LogP contribution in [0.1, 0.15) is 22.3 Å². The number of carbonyl (C=O) groups is 2. The van der Waals surface area contributed by atoms with Crippen molar-refractivity contribution in [2.75, 3.05) is 12.0 Å². The fourth-order valence-corrected chi connectivity index (χ4v) is 2.20. The summed E-state index contributed by atoms with van der Waals surface area (Å²) in [5.74, 6) is -2.09. The predicted molar refractivity (Wildman–Crippen MR) is 74.4 cm³/mol. The van der Waals surface area contributed by atoms with Gasteiger partial charge in [-0.3, -0.25) is 4.79 Å². The van der Waals surface area contributed by atoms with Crippen LogP contribution in [0.4, 0.5) is 0 Å². The number of carboxylic acid groups (broad SMARTS) is 1. The highest BCUT2D eigenvalue weighted by atomic mass is 32.2. The first-order valence-electron chi connectivity index (χ1n) is 5.97. The molecule has 0 saturated carbocycles. The molecule has 6 nitrogen and oxygen atoms in total. The number of rotatable bonds is 6. The molecule has 0 fully saturated rings. The fraction of sp³-hybridized carbons (Fsp3) is 0.385. The van der Waals surface area contributed by atoms with E-state index in [1.807, 2.05) is 6.92 Å². The zero-order valence-corrected chi connectivity index (χ0v) is 12.1. The van der Waals surface area contributed by atoms with Crippen LogP contribution in [0, 0.1) is 6.92 Å². The maximum Gasteiger partial charge on any atom is 0.326 e. The van der Waals surface area contributed by atoms with Gasteiger partial charge in [-0.05, 0) is 25.5 Å². The predicted octanol–water partition coefficient (Wildman–Crippen LogP) is 0.613. The SMILES string of the molecule is Cc1ccc(C(=O)NC(CCS(C)(=O)=O)C(=O)O)cc1. The van der Waals surface area contributed by atoms with E-state index in [2.05, 4.69) is 5.32 Å². The van der Waals surface area contributed by atoms with Crippen LogP contribution in [0.25, 0.3) is 0 Å². The molecular formula is C13H17NO5S. The lowest BCUT2D eigenvalue weighted by molar-refractivity contribution is -0.139. The second-order valence-electron chi connectivity index (χ2n) is 4.65. The average molecular weight is 299 g/mol. The van der Waals surface area contributed by atoms with Crippen molar-refractivity contribution in [2.45, 2.75) is 19.4 Å². The third-order valence-electron chi connectivity index (χ3n) is 2.69. The molecule has 2 N–H and O–H groups in total. The Morgan fingerprint density at radius 3 is 2.25 bits per heavy atom. The Bertz CT molecular complexity index is 592. The first-order valence-corrected chi connectivity index (χ1v) is 8.03. The second-order valence-corrected chi connectivity index (χ2v) is 6.91. The molecule has 0 aromatic heterocycles. The quantitative estimate of drug-likeness (QED) is 0.801. The minimum absolute atomic E-state index is 0.161. The van der Waals surface area contributed by atoms with Gasteiger partial charge in [0, 0.05) is 11.8 Å². The van der Waals surface area contributed by atoms with Crippen LogP contribution in [-0.4, -0.2) is 43.5 Å². The highest BCUT2D eigenvalue weighted by Gasteiger charge is 2.22. The van der Waals surface area contributed by atoms with E-state index in [-0.39, 0.29) is 12.2 Å². The molecule has 0 aliphatic carbocycles. The van der Waals surface area contributed by atoms with Crippen LogP contribution in [0.3, 0.4) is 0 Å². The smallest absolute Gasteiger partial charge is 0.326 e. The minimum Gasteiger partial charge on any atom is -0.480 e. The Morgan fingerprint density at radius 2 is 1.80 bits per heavy atom. The molecule has 110 valence electrons. The van der Waals surface area contributed by atoms with Crippen molar-refractivity contribution < 1.29 is 23.1 Å². The van der Waals surface area contributed by atoms with Gasteiger partial charge in [0.2, 0.25) is 0 Å². The molecule has 0 aliphatic heterocycles. The molecule has 20 heavy (non-hydrogen) atoms. The number of aryl methyl sites for hydroxylation is 1. The van der Waals surface area contributed by atoms with E-state index in [1.54, 1.807) is 24.3 Å². The number of hydrogen-bond donors (Lipinski definition) is 2. The number of nitrogens with one attached hydrogen (secondary N) is 1.